The van der Waals surface area contributed by atoms with Crippen LogP contribution < -0.4 is 4.72 Å². The Bertz CT molecular complexity index is 1030. The normalized spacial score (nSPS) is 51.4. The first-order chi connectivity index (χ1) is 16.9. The molecule has 11 atom stereocenters. The summed E-state index contributed by atoms with van der Waals surface area (Å²) in [6, 6.07) is 0.246. The molecule has 0 aromatic carbocycles. The maximum absolute atomic E-state index is 11.9. The smallest absolute Gasteiger partial charge is 0.208 e. The highest BCUT2D eigenvalue weighted by Gasteiger charge is 2.60. The maximum atomic E-state index is 11.9. The molecule has 5 fully saturated rings. The topological polar surface area (TPSA) is 78.9 Å². The maximum Gasteiger partial charge on any atom is 0.208 e. The average molecular weight is 521 g/mol. The summed E-state index contributed by atoms with van der Waals surface area (Å²) in [6.45, 7) is 10.2. The molecule has 2 saturated heterocycles. The van der Waals surface area contributed by atoms with Gasteiger partial charge in [0.2, 0.25) is 10.0 Å². The lowest BCUT2D eigenvalue weighted by atomic mass is 9.52. The van der Waals surface area contributed by atoms with E-state index < -0.39 is 10.0 Å². The van der Waals surface area contributed by atoms with Gasteiger partial charge < -0.3 is 9.94 Å². The minimum atomic E-state index is -3.15. The lowest BCUT2D eigenvalue weighted by Gasteiger charge is -2.54. The van der Waals surface area contributed by atoms with Gasteiger partial charge in [-0.3, -0.25) is 0 Å². The third-order valence-electron chi connectivity index (χ3n) is 12.1. The van der Waals surface area contributed by atoms with Crippen molar-refractivity contribution in [2.24, 2.45) is 40.9 Å². The number of sulfonamides is 1. The van der Waals surface area contributed by atoms with Crippen LogP contribution in [0.5, 0.6) is 0 Å². The second-order valence-corrected chi connectivity index (χ2v) is 16.0. The van der Waals surface area contributed by atoms with Crippen molar-refractivity contribution in [3.05, 3.63) is 11.1 Å². The zero-order valence-corrected chi connectivity index (χ0v) is 23.8. The Hall–Kier alpha value is -0.470. The summed E-state index contributed by atoms with van der Waals surface area (Å²) in [5, 5.41) is 12.4. The number of nitrogens with one attached hydrogen (secondary N) is 1. The number of hydrogen-bond acceptors (Lipinski definition) is 5. The second kappa shape index (κ2) is 8.77. The zero-order chi connectivity index (χ0) is 25.6. The summed E-state index contributed by atoms with van der Waals surface area (Å²) in [7, 11) is -3.15. The summed E-state index contributed by atoms with van der Waals surface area (Å²) < 4.78 is 33.6. The monoisotopic (exact) mass is 520 g/mol. The van der Waals surface area contributed by atoms with Crippen molar-refractivity contribution in [3.63, 3.8) is 0 Å². The molecule has 6 nitrogen and oxygen atoms in total. The van der Waals surface area contributed by atoms with Gasteiger partial charge in [0.1, 0.15) is 0 Å². The summed E-state index contributed by atoms with van der Waals surface area (Å²) in [5.74, 6) is 3.62. The Labute approximate surface area is 218 Å². The van der Waals surface area contributed by atoms with Gasteiger partial charge in [-0.2, -0.15) is 5.06 Å². The molecule has 0 aromatic rings. The van der Waals surface area contributed by atoms with Crippen LogP contribution in [0.3, 0.4) is 0 Å². The first-order valence-electron chi connectivity index (χ1n) is 14.7. The number of piperidine rings is 1. The van der Waals surface area contributed by atoms with Crippen LogP contribution in [0.15, 0.2) is 11.1 Å². The second-order valence-electron chi connectivity index (χ2n) is 14.2. The number of hydroxylamine groups is 2. The molecule has 7 heteroatoms. The van der Waals surface area contributed by atoms with Crippen molar-refractivity contribution in [2.45, 2.75) is 116 Å². The fraction of sp³-hybridized carbons (Fsp3) is 0.931. The zero-order valence-electron chi connectivity index (χ0n) is 23.0. The number of nitrogens with zero attached hydrogens (tertiary/aromatic N) is 1. The predicted octanol–water partition coefficient (Wildman–Crippen LogP) is 5.13. The van der Waals surface area contributed by atoms with Crippen LogP contribution in [0, 0.1) is 40.9 Å². The van der Waals surface area contributed by atoms with Crippen molar-refractivity contribution in [2.75, 3.05) is 12.8 Å². The highest BCUT2D eigenvalue weighted by Crippen LogP contribution is 2.65. The van der Waals surface area contributed by atoms with E-state index in [2.05, 4.69) is 32.4 Å². The molecule has 2 heterocycles. The molecule has 2 N–H and O–H groups in total. The Morgan fingerprint density at radius 2 is 1.89 bits per heavy atom. The van der Waals surface area contributed by atoms with Crippen LogP contribution in [0.1, 0.15) is 91.9 Å². The Balaban J connectivity index is 1.23. The van der Waals surface area contributed by atoms with Crippen LogP contribution in [-0.4, -0.2) is 55.3 Å². The number of ether oxygens (including phenoxy) is 1. The average Bonchev–Trinajstić information content (AvgIpc) is 3.23. The summed E-state index contributed by atoms with van der Waals surface area (Å²) in [5.41, 5.74) is 3.51. The van der Waals surface area contributed by atoms with E-state index in [-0.39, 0.29) is 23.8 Å². The van der Waals surface area contributed by atoms with Gasteiger partial charge in [0.05, 0.1) is 24.0 Å². The SMILES string of the molecule is CC1=C2CC3[C@@H](CC[C@@H]4C[C@H](NS(C)(=O)=O)CC[C@]34C)[C@@H]2CC[C@@]2(C1)O[C@@H]1C[C@H](C)CN(O)C1[C@H]2C. The minimum Gasteiger partial charge on any atom is -0.369 e. The van der Waals surface area contributed by atoms with Gasteiger partial charge in [0, 0.05) is 18.5 Å². The quantitative estimate of drug-likeness (QED) is 0.494. The van der Waals surface area contributed by atoms with E-state index >= 15 is 0 Å². The molecule has 0 amide bonds. The molecule has 36 heavy (non-hydrogen) atoms. The lowest BCUT2D eigenvalue weighted by molar-refractivity contribution is -0.178. The van der Waals surface area contributed by atoms with Gasteiger partial charge in [0.15, 0.2) is 0 Å². The van der Waals surface area contributed by atoms with Crippen molar-refractivity contribution >= 4 is 10.0 Å². The molecule has 3 saturated carbocycles. The van der Waals surface area contributed by atoms with Gasteiger partial charge in [-0.05, 0) is 106 Å². The largest absolute Gasteiger partial charge is 0.369 e. The molecule has 1 spiro atoms. The summed E-state index contributed by atoms with van der Waals surface area (Å²) in [6.07, 6.45) is 12.7. The predicted molar refractivity (Wildman–Crippen MR) is 141 cm³/mol. The van der Waals surface area contributed by atoms with Gasteiger partial charge >= 0.3 is 0 Å². The van der Waals surface area contributed by atoms with E-state index in [1.165, 1.54) is 31.9 Å². The van der Waals surface area contributed by atoms with E-state index in [9.17, 15) is 13.6 Å². The lowest BCUT2D eigenvalue weighted by Crippen LogP contribution is -2.50. The molecule has 2 aliphatic heterocycles. The molecular weight excluding hydrogens is 472 g/mol. The first kappa shape index (κ1) is 25.8. The molecule has 6 aliphatic rings. The molecular formula is C29H48N2O4S. The van der Waals surface area contributed by atoms with Crippen LogP contribution in [0.25, 0.3) is 0 Å². The molecule has 2 unspecified atom stereocenters. The first-order valence-corrected chi connectivity index (χ1v) is 16.6. The molecule has 204 valence electrons. The molecule has 4 aliphatic carbocycles. The third kappa shape index (κ3) is 4.06. The summed E-state index contributed by atoms with van der Waals surface area (Å²) >= 11 is 0. The van der Waals surface area contributed by atoms with Crippen LogP contribution in [-0.2, 0) is 14.8 Å². The van der Waals surface area contributed by atoms with Gasteiger partial charge in [0.25, 0.3) is 0 Å². The van der Waals surface area contributed by atoms with Crippen molar-refractivity contribution in [3.8, 4) is 0 Å². The van der Waals surface area contributed by atoms with Gasteiger partial charge in [-0.25, -0.2) is 13.1 Å². The van der Waals surface area contributed by atoms with Crippen LogP contribution in [0.4, 0.5) is 0 Å². The van der Waals surface area contributed by atoms with Crippen molar-refractivity contribution in [1.29, 1.82) is 0 Å². The summed E-state index contributed by atoms with van der Waals surface area (Å²) in [4.78, 5) is 0. The Kier molecular flexibility index (Phi) is 6.28. The fourth-order valence-electron chi connectivity index (χ4n) is 10.4. The van der Waals surface area contributed by atoms with E-state index in [1.54, 1.807) is 16.2 Å². The Morgan fingerprint density at radius 3 is 2.64 bits per heavy atom. The number of rotatable bonds is 2. The molecule has 6 rings (SSSR count). The Morgan fingerprint density at radius 1 is 1.11 bits per heavy atom. The van der Waals surface area contributed by atoms with E-state index in [0.29, 0.717) is 29.1 Å². The van der Waals surface area contributed by atoms with Gasteiger partial charge in [-0.15, -0.1) is 0 Å². The van der Waals surface area contributed by atoms with Crippen LogP contribution in [0.2, 0.25) is 0 Å². The fourth-order valence-corrected chi connectivity index (χ4v) is 11.3. The standard InChI is InChI=1S/C29H48N2O4S/c1-17-12-26-27(31(32)16-17)19(3)29(35-26)11-9-22-23-7-6-20-13-21(30-36(5,33)34)8-10-28(20,4)25(23)14-24(22)18(2)15-29/h17,19-23,25-27,30,32H,6-16H2,1-5H3/t17-,19+,20+,21+,22-,23-,25?,26+,27?,28-,29-/m0/s1. The third-order valence-corrected chi connectivity index (χ3v) is 12.9. The minimum absolute atomic E-state index is 0.112. The van der Waals surface area contributed by atoms with Crippen molar-refractivity contribution < 1.29 is 18.4 Å². The number of fused-ring (bicyclic) bond motifs is 6. The number of allylic oxidation sites excluding steroid dienone is 1. The van der Waals surface area contributed by atoms with E-state index in [4.69, 9.17) is 4.74 Å². The van der Waals surface area contributed by atoms with Crippen molar-refractivity contribution in [1.82, 2.24) is 9.79 Å². The number of hydrogen-bond donors (Lipinski definition) is 2. The molecule has 0 bridgehead atoms. The highest BCUT2D eigenvalue weighted by atomic mass is 32.2. The highest BCUT2D eigenvalue weighted by molar-refractivity contribution is 7.88. The van der Waals surface area contributed by atoms with E-state index in [1.807, 2.05) is 0 Å². The van der Waals surface area contributed by atoms with Crippen LogP contribution >= 0.6 is 0 Å². The molecule has 0 aromatic heterocycles. The van der Waals surface area contributed by atoms with E-state index in [0.717, 1.165) is 56.9 Å². The van der Waals surface area contributed by atoms with Gasteiger partial charge in [-0.1, -0.05) is 31.9 Å². The molecule has 0 radical (unpaired) electrons.